The van der Waals surface area contributed by atoms with Crippen LogP contribution in [0.4, 0.5) is 4.39 Å². The molecule has 70 valence electrons. The largest absolute Gasteiger partial charge is 0.396 e. The van der Waals surface area contributed by atoms with Crippen LogP contribution in [0, 0.1) is 11.7 Å². The number of aliphatic hydroxyl groups excluding tert-OH is 1. The molecule has 0 bridgehead atoms. The summed E-state index contributed by atoms with van der Waals surface area (Å²) in [5.41, 5.74) is 1.06. The first-order valence-electron chi connectivity index (χ1n) is 4.67. The van der Waals surface area contributed by atoms with Crippen LogP contribution in [0.15, 0.2) is 24.3 Å². The standard InChI is InChI=1S/C11H13FO/c12-10-5-3-9(4-6-10)11(7-13)8-1-2-8/h3-6,8,11,13H,1-2,7H2. The van der Waals surface area contributed by atoms with Gasteiger partial charge in [-0.15, -0.1) is 0 Å². The van der Waals surface area contributed by atoms with E-state index in [1.54, 1.807) is 12.1 Å². The van der Waals surface area contributed by atoms with E-state index >= 15 is 0 Å². The predicted octanol–water partition coefficient (Wildman–Crippen LogP) is 2.31. The molecule has 1 unspecified atom stereocenters. The molecule has 0 amide bonds. The average molecular weight is 180 g/mol. The number of aliphatic hydroxyl groups is 1. The molecule has 13 heavy (non-hydrogen) atoms. The predicted molar refractivity (Wildman–Crippen MR) is 49.0 cm³/mol. The molecule has 1 aromatic rings. The van der Waals surface area contributed by atoms with E-state index in [4.69, 9.17) is 5.11 Å². The summed E-state index contributed by atoms with van der Waals surface area (Å²) in [5, 5.41) is 9.17. The van der Waals surface area contributed by atoms with Crippen molar-refractivity contribution in [2.75, 3.05) is 6.61 Å². The third-order valence-electron chi connectivity index (χ3n) is 2.69. The fourth-order valence-corrected chi connectivity index (χ4v) is 1.74. The monoisotopic (exact) mass is 180 g/mol. The van der Waals surface area contributed by atoms with Crippen LogP contribution < -0.4 is 0 Å². The molecule has 0 saturated heterocycles. The number of hydrogen-bond acceptors (Lipinski definition) is 1. The van der Waals surface area contributed by atoms with Crippen LogP contribution in [0.5, 0.6) is 0 Å². The number of hydrogen-bond donors (Lipinski definition) is 1. The van der Waals surface area contributed by atoms with Crippen LogP contribution in [0.25, 0.3) is 0 Å². The normalized spacial score (nSPS) is 18.6. The highest BCUT2D eigenvalue weighted by Gasteiger charge is 2.31. The van der Waals surface area contributed by atoms with Crippen molar-refractivity contribution in [1.82, 2.24) is 0 Å². The highest BCUT2D eigenvalue weighted by molar-refractivity contribution is 5.22. The highest BCUT2D eigenvalue weighted by Crippen LogP contribution is 2.42. The lowest BCUT2D eigenvalue weighted by atomic mass is 9.95. The Hall–Kier alpha value is -0.890. The van der Waals surface area contributed by atoms with Gasteiger partial charge in [-0.25, -0.2) is 4.39 Å². The van der Waals surface area contributed by atoms with Crippen LogP contribution >= 0.6 is 0 Å². The molecule has 2 heteroatoms. The van der Waals surface area contributed by atoms with E-state index in [1.807, 2.05) is 0 Å². The van der Waals surface area contributed by atoms with Gasteiger partial charge in [-0.3, -0.25) is 0 Å². The first-order valence-corrected chi connectivity index (χ1v) is 4.67. The molecular weight excluding hydrogens is 167 g/mol. The van der Waals surface area contributed by atoms with Crippen molar-refractivity contribution in [2.45, 2.75) is 18.8 Å². The maximum absolute atomic E-state index is 12.6. The summed E-state index contributed by atoms with van der Waals surface area (Å²) >= 11 is 0. The maximum atomic E-state index is 12.6. The van der Waals surface area contributed by atoms with Crippen LogP contribution in [0.1, 0.15) is 24.3 Å². The molecule has 1 atom stereocenters. The first kappa shape index (κ1) is 8.70. The van der Waals surface area contributed by atoms with Gasteiger partial charge in [-0.05, 0) is 36.5 Å². The molecule has 0 radical (unpaired) electrons. The zero-order valence-corrected chi connectivity index (χ0v) is 7.41. The highest BCUT2D eigenvalue weighted by atomic mass is 19.1. The van der Waals surface area contributed by atoms with Crippen molar-refractivity contribution in [1.29, 1.82) is 0 Å². The molecule has 1 nitrogen and oxygen atoms in total. The second-order valence-corrected chi connectivity index (χ2v) is 3.68. The Bertz CT molecular complexity index is 277. The zero-order chi connectivity index (χ0) is 9.26. The van der Waals surface area contributed by atoms with Gasteiger partial charge in [0, 0.05) is 5.92 Å². The van der Waals surface area contributed by atoms with Gasteiger partial charge in [0.15, 0.2) is 0 Å². The number of benzene rings is 1. The van der Waals surface area contributed by atoms with E-state index in [-0.39, 0.29) is 18.3 Å². The Morgan fingerprint density at radius 3 is 2.38 bits per heavy atom. The second-order valence-electron chi connectivity index (χ2n) is 3.68. The van der Waals surface area contributed by atoms with Crippen molar-refractivity contribution >= 4 is 0 Å². The molecule has 0 spiro atoms. The maximum Gasteiger partial charge on any atom is 0.123 e. The fourth-order valence-electron chi connectivity index (χ4n) is 1.74. The Morgan fingerprint density at radius 1 is 1.31 bits per heavy atom. The summed E-state index contributed by atoms with van der Waals surface area (Å²) < 4.78 is 12.6. The fraction of sp³-hybridized carbons (Fsp3) is 0.455. The minimum absolute atomic E-state index is 0.177. The van der Waals surface area contributed by atoms with Gasteiger partial charge in [0.2, 0.25) is 0 Å². The summed E-state index contributed by atoms with van der Waals surface area (Å²) in [6.45, 7) is 0.177. The van der Waals surface area contributed by atoms with Gasteiger partial charge in [0.1, 0.15) is 5.82 Å². The lowest BCUT2D eigenvalue weighted by Crippen LogP contribution is -2.06. The lowest BCUT2D eigenvalue weighted by Gasteiger charge is -2.12. The van der Waals surface area contributed by atoms with E-state index < -0.39 is 0 Å². The van der Waals surface area contributed by atoms with Crippen molar-refractivity contribution in [2.24, 2.45) is 5.92 Å². The third-order valence-corrected chi connectivity index (χ3v) is 2.69. The van der Waals surface area contributed by atoms with E-state index in [1.165, 1.54) is 25.0 Å². The number of halogens is 1. The Labute approximate surface area is 77.2 Å². The molecule has 0 aromatic heterocycles. The van der Waals surface area contributed by atoms with Gasteiger partial charge < -0.3 is 5.11 Å². The Morgan fingerprint density at radius 2 is 1.92 bits per heavy atom. The van der Waals surface area contributed by atoms with Crippen LogP contribution in [-0.2, 0) is 0 Å². The zero-order valence-electron chi connectivity index (χ0n) is 7.41. The number of rotatable bonds is 3. The van der Waals surface area contributed by atoms with Crippen molar-refractivity contribution < 1.29 is 9.50 Å². The minimum Gasteiger partial charge on any atom is -0.396 e. The molecule has 1 fully saturated rings. The molecule has 0 heterocycles. The topological polar surface area (TPSA) is 20.2 Å². The Kier molecular flexibility index (Phi) is 2.32. The summed E-state index contributed by atoms with van der Waals surface area (Å²) in [4.78, 5) is 0. The van der Waals surface area contributed by atoms with E-state index in [0.717, 1.165) is 5.56 Å². The van der Waals surface area contributed by atoms with Crippen molar-refractivity contribution in [3.05, 3.63) is 35.6 Å². The minimum atomic E-state index is -0.212. The summed E-state index contributed by atoms with van der Waals surface area (Å²) in [6, 6.07) is 6.46. The van der Waals surface area contributed by atoms with Crippen LogP contribution in [-0.4, -0.2) is 11.7 Å². The Balaban J connectivity index is 2.17. The van der Waals surface area contributed by atoms with Gasteiger partial charge >= 0.3 is 0 Å². The van der Waals surface area contributed by atoms with Gasteiger partial charge in [0.25, 0.3) is 0 Å². The second kappa shape index (κ2) is 3.46. The molecule has 1 aliphatic carbocycles. The van der Waals surface area contributed by atoms with E-state index in [0.29, 0.717) is 5.92 Å². The van der Waals surface area contributed by atoms with Crippen LogP contribution in [0.2, 0.25) is 0 Å². The van der Waals surface area contributed by atoms with Gasteiger partial charge in [-0.1, -0.05) is 12.1 Å². The molecule has 1 saturated carbocycles. The van der Waals surface area contributed by atoms with Crippen LogP contribution in [0.3, 0.4) is 0 Å². The smallest absolute Gasteiger partial charge is 0.123 e. The molecule has 2 rings (SSSR count). The molecule has 0 aliphatic heterocycles. The van der Waals surface area contributed by atoms with E-state index in [9.17, 15) is 4.39 Å². The van der Waals surface area contributed by atoms with Crippen molar-refractivity contribution in [3.8, 4) is 0 Å². The SMILES string of the molecule is OCC(c1ccc(F)cc1)C1CC1. The quantitative estimate of drug-likeness (QED) is 0.756. The van der Waals surface area contributed by atoms with Crippen molar-refractivity contribution in [3.63, 3.8) is 0 Å². The molecular formula is C11H13FO. The van der Waals surface area contributed by atoms with Gasteiger partial charge in [0.05, 0.1) is 6.61 Å². The third kappa shape index (κ3) is 1.89. The molecule has 1 N–H and O–H groups in total. The molecule has 1 aliphatic rings. The van der Waals surface area contributed by atoms with Gasteiger partial charge in [-0.2, -0.15) is 0 Å². The average Bonchev–Trinajstić information content (AvgIpc) is 2.93. The van der Waals surface area contributed by atoms with E-state index in [2.05, 4.69) is 0 Å². The summed E-state index contributed by atoms with van der Waals surface area (Å²) in [5.74, 6) is 0.632. The first-order chi connectivity index (χ1) is 6.31. The summed E-state index contributed by atoms with van der Waals surface area (Å²) in [6.07, 6.45) is 2.39. The molecule has 1 aromatic carbocycles. The summed E-state index contributed by atoms with van der Waals surface area (Å²) in [7, 11) is 0. The lowest BCUT2D eigenvalue weighted by molar-refractivity contribution is 0.253.